The number of aliphatic carboxylic acids is 2. The van der Waals surface area contributed by atoms with E-state index in [2.05, 4.69) is 30.7 Å². The molecule has 0 amide bonds. The van der Waals surface area contributed by atoms with Gasteiger partial charge in [-0.2, -0.15) is 0 Å². The molecule has 0 aliphatic heterocycles. The topological polar surface area (TPSA) is 120 Å². The summed E-state index contributed by atoms with van der Waals surface area (Å²) >= 11 is 0. The Balaban J connectivity index is 0.000000479. The van der Waals surface area contributed by atoms with Gasteiger partial charge in [0.2, 0.25) is 0 Å². The number of nitrogens with zero attached hydrogens (tertiary/aromatic N) is 1. The minimum atomic E-state index is -1.26. The molecule has 0 saturated heterocycles. The Kier molecular flexibility index (Phi) is 10.3. The summed E-state index contributed by atoms with van der Waals surface area (Å²) in [5.74, 6) is -2.15. The number of rotatable bonds is 9. The highest BCUT2D eigenvalue weighted by Crippen LogP contribution is 2.29. The molecule has 0 fully saturated rings. The molecule has 0 aliphatic rings. The first kappa shape index (κ1) is 24.9. The van der Waals surface area contributed by atoms with Gasteiger partial charge in [-0.15, -0.1) is 0 Å². The van der Waals surface area contributed by atoms with Gasteiger partial charge in [0.25, 0.3) is 0 Å². The van der Waals surface area contributed by atoms with E-state index in [1.165, 1.54) is 12.5 Å². The van der Waals surface area contributed by atoms with Gasteiger partial charge in [-0.1, -0.05) is 13.0 Å². The van der Waals surface area contributed by atoms with Gasteiger partial charge < -0.3 is 24.8 Å². The number of aromatic nitrogens is 1. The van der Waals surface area contributed by atoms with Crippen LogP contribution < -0.4 is 4.74 Å². The monoisotopic (exact) mass is 418 g/mol. The van der Waals surface area contributed by atoms with Crippen LogP contribution in [0.3, 0.4) is 0 Å². The maximum atomic E-state index is 11.3. The van der Waals surface area contributed by atoms with Crippen LogP contribution in [0.1, 0.15) is 39.7 Å². The number of H-pyrrole nitrogens is 1. The molecule has 0 radical (unpaired) electrons. The molecule has 164 valence electrons. The summed E-state index contributed by atoms with van der Waals surface area (Å²) in [5.41, 5.74) is 2.22. The molecule has 0 spiro atoms. The van der Waals surface area contributed by atoms with Crippen LogP contribution >= 0.6 is 0 Å². The molecule has 1 aromatic carbocycles. The number of hydrogen-bond donors (Lipinski definition) is 3. The van der Waals surface area contributed by atoms with Gasteiger partial charge in [0, 0.05) is 48.8 Å². The molecule has 0 unspecified atom stereocenters. The average Bonchev–Trinajstić information content (AvgIpc) is 3.07. The number of carboxylic acid groups (broad SMARTS) is 2. The van der Waals surface area contributed by atoms with Gasteiger partial charge in [0.05, 0.1) is 0 Å². The Bertz CT molecular complexity index is 869. The van der Waals surface area contributed by atoms with E-state index in [1.807, 2.05) is 24.4 Å². The van der Waals surface area contributed by atoms with Gasteiger partial charge in [0.15, 0.2) is 0 Å². The van der Waals surface area contributed by atoms with Crippen LogP contribution in [-0.4, -0.2) is 57.1 Å². The fourth-order valence-corrected chi connectivity index (χ4v) is 2.98. The summed E-state index contributed by atoms with van der Waals surface area (Å²) < 4.78 is 5.36. The van der Waals surface area contributed by atoms with Crippen LogP contribution in [-0.2, 0) is 20.8 Å². The van der Waals surface area contributed by atoms with Gasteiger partial charge in [-0.3, -0.25) is 4.79 Å². The average molecular weight is 418 g/mol. The Morgan fingerprint density at radius 3 is 2.27 bits per heavy atom. The Hall–Kier alpha value is -3.13. The highest BCUT2D eigenvalue weighted by atomic mass is 16.5. The van der Waals surface area contributed by atoms with Crippen molar-refractivity contribution in [3.8, 4) is 5.75 Å². The molecule has 2 rings (SSSR count). The van der Waals surface area contributed by atoms with E-state index in [0.717, 1.165) is 36.8 Å². The highest BCUT2D eigenvalue weighted by Gasteiger charge is 2.13. The van der Waals surface area contributed by atoms with Gasteiger partial charge in [0.1, 0.15) is 5.75 Å². The van der Waals surface area contributed by atoms with Crippen LogP contribution in [0.4, 0.5) is 0 Å². The third-order valence-electron chi connectivity index (χ3n) is 4.28. The number of carbonyl (C=O) groups is 3. The molecule has 0 bridgehead atoms. The van der Waals surface area contributed by atoms with E-state index in [0.29, 0.717) is 23.9 Å². The van der Waals surface area contributed by atoms with Crippen LogP contribution in [0, 0.1) is 0 Å². The predicted octanol–water partition coefficient (Wildman–Crippen LogP) is 3.47. The molecule has 1 heterocycles. The van der Waals surface area contributed by atoms with Crippen molar-refractivity contribution in [2.45, 2.75) is 46.6 Å². The lowest BCUT2D eigenvalue weighted by Gasteiger charge is -2.25. The summed E-state index contributed by atoms with van der Waals surface area (Å²) in [6.45, 7) is 10.2. The second-order valence-corrected chi connectivity index (χ2v) is 6.98. The number of nitrogens with one attached hydrogen (secondary N) is 1. The number of hydrogen-bond acceptors (Lipinski definition) is 5. The molecule has 8 nitrogen and oxygen atoms in total. The van der Waals surface area contributed by atoms with Crippen LogP contribution in [0.25, 0.3) is 10.9 Å². The molecule has 3 N–H and O–H groups in total. The third kappa shape index (κ3) is 8.48. The Morgan fingerprint density at radius 1 is 1.13 bits per heavy atom. The number of esters is 1. The normalized spacial score (nSPS) is 11.0. The number of aromatic amines is 1. The largest absolute Gasteiger partial charge is 0.478 e. The minimum absolute atomic E-state index is 0.283. The summed E-state index contributed by atoms with van der Waals surface area (Å²) in [6, 6.07) is 6.31. The zero-order valence-corrected chi connectivity index (χ0v) is 17.8. The first-order valence-corrected chi connectivity index (χ1v) is 9.81. The maximum absolute atomic E-state index is 11.3. The molecule has 8 heteroatoms. The number of fused-ring (bicyclic) bond motifs is 1. The van der Waals surface area contributed by atoms with E-state index in [-0.39, 0.29) is 5.97 Å². The van der Waals surface area contributed by atoms with Gasteiger partial charge >= 0.3 is 17.9 Å². The van der Waals surface area contributed by atoms with E-state index >= 15 is 0 Å². The van der Waals surface area contributed by atoms with Crippen LogP contribution in [0.2, 0.25) is 0 Å². The molecule has 1 aromatic heterocycles. The Labute approximate surface area is 176 Å². The zero-order valence-electron chi connectivity index (χ0n) is 17.8. The zero-order chi connectivity index (χ0) is 22.7. The summed E-state index contributed by atoms with van der Waals surface area (Å²) in [7, 11) is 0. The lowest BCUT2D eigenvalue weighted by atomic mass is 10.1. The van der Waals surface area contributed by atoms with Crippen molar-refractivity contribution in [2.24, 2.45) is 0 Å². The molecule has 2 aromatic rings. The second-order valence-electron chi connectivity index (χ2n) is 6.98. The van der Waals surface area contributed by atoms with E-state index < -0.39 is 11.9 Å². The molecular formula is C22H30N2O6. The van der Waals surface area contributed by atoms with E-state index in [9.17, 15) is 14.4 Å². The lowest BCUT2D eigenvalue weighted by molar-refractivity contribution is -0.134. The molecule has 0 aliphatic carbocycles. The standard InChI is InChI=1S/C18H26N2O2.C4H4O4/c1-5-10-20(13(2)3)11-9-15-12-19-16-7-6-8-17(18(15)16)22-14(4)21;5-3(6)1-2-4(7)8/h6-8,12-13,19H,5,9-11H2,1-4H3;1-2H,(H,5,6)(H,7,8)/b;2-1+. The summed E-state index contributed by atoms with van der Waals surface area (Å²) in [6.07, 6.45) is 5.24. The predicted molar refractivity (Wildman–Crippen MR) is 115 cm³/mol. The van der Waals surface area contributed by atoms with Gasteiger partial charge in [-0.05, 0) is 50.9 Å². The van der Waals surface area contributed by atoms with Crippen molar-refractivity contribution in [3.05, 3.63) is 42.1 Å². The van der Waals surface area contributed by atoms with Crippen molar-refractivity contribution in [2.75, 3.05) is 13.1 Å². The minimum Gasteiger partial charge on any atom is -0.478 e. The van der Waals surface area contributed by atoms with E-state index in [4.69, 9.17) is 14.9 Å². The van der Waals surface area contributed by atoms with Crippen molar-refractivity contribution < 1.29 is 29.3 Å². The SMILES string of the molecule is CCCN(CCc1c[nH]c2cccc(OC(C)=O)c12)C(C)C.O=C(O)/C=C/C(=O)O. The fraction of sp³-hybridized carbons (Fsp3) is 0.409. The fourth-order valence-electron chi connectivity index (χ4n) is 2.98. The highest BCUT2D eigenvalue weighted by molar-refractivity contribution is 5.91. The smallest absolute Gasteiger partial charge is 0.328 e. The molecule has 30 heavy (non-hydrogen) atoms. The molecular weight excluding hydrogens is 388 g/mol. The molecule has 0 saturated carbocycles. The summed E-state index contributed by atoms with van der Waals surface area (Å²) in [4.78, 5) is 36.2. The third-order valence-corrected chi connectivity index (χ3v) is 4.28. The van der Waals surface area contributed by atoms with Crippen LogP contribution in [0.15, 0.2) is 36.5 Å². The van der Waals surface area contributed by atoms with E-state index in [1.54, 1.807) is 0 Å². The van der Waals surface area contributed by atoms with Crippen molar-refractivity contribution >= 4 is 28.8 Å². The van der Waals surface area contributed by atoms with Gasteiger partial charge in [-0.25, -0.2) is 9.59 Å². The maximum Gasteiger partial charge on any atom is 0.328 e. The van der Waals surface area contributed by atoms with Crippen molar-refractivity contribution in [3.63, 3.8) is 0 Å². The number of carboxylic acids is 2. The quantitative estimate of drug-likeness (QED) is 0.324. The lowest BCUT2D eigenvalue weighted by Crippen LogP contribution is -2.33. The van der Waals surface area contributed by atoms with Crippen LogP contribution in [0.5, 0.6) is 5.75 Å². The van der Waals surface area contributed by atoms with Crippen molar-refractivity contribution in [1.29, 1.82) is 0 Å². The number of benzene rings is 1. The second kappa shape index (κ2) is 12.4. The van der Waals surface area contributed by atoms with Crippen molar-refractivity contribution in [1.82, 2.24) is 9.88 Å². The number of carbonyl (C=O) groups excluding carboxylic acids is 1. The summed E-state index contributed by atoms with van der Waals surface area (Å²) in [5, 5.41) is 16.7. The number of ether oxygens (including phenoxy) is 1. The molecule has 0 atom stereocenters. The first-order chi connectivity index (χ1) is 14.1. The Morgan fingerprint density at radius 2 is 1.77 bits per heavy atom. The first-order valence-electron chi connectivity index (χ1n) is 9.81.